The molecule has 0 fully saturated rings. The number of rotatable bonds is 10. The molecule has 1 atom stereocenters. The minimum absolute atomic E-state index is 0.0395. The van der Waals surface area contributed by atoms with Gasteiger partial charge in [0.15, 0.2) is 0 Å². The van der Waals surface area contributed by atoms with Crippen LogP contribution >= 0.6 is 0 Å². The quantitative estimate of drug-likeness (QED) is 0.374. The molecule has 4 nitrogen and oxygen atoms in total. The number of hydrogen-bond donors (Lipinski definition) is 2. The van der Waals surface area contributed by atoms with E-state index in [2.05, 4.69) is 30.4 Å². The summed E-state index contributed by atoms with van der Waals surface area (Å²) in [4.78, 5) is 24.4. The predicted octanol–water partition coefficient (Wildman–Crippen LogP) is 3.12. The Morgan fingerprint density at radius 2 is 1.89 bits per heavy atom. The molecule has 0 heterocycles. The van der Waals surface area contributed by atoms with Gasteiger partial charge in [0, 0.05) is 25.5 Å². The number of nitrogens with one attached hydrogen (secondary N) is 2. The number of halogens is 2. The molecule has 2 amide bonds. The summed E-state index contributed by atoms with van der Waals surface area (Å²) in [5, 5.41) is 5.20. The molecule has 6 heteroatoms. The lowest BCUT2D eigenvalue weighted by atomic mass is 10.0. The topological polar surface area (TPSA) is 58.2 Å². The first kappa shape index (κ1) is 22.4. The highest BCUT2D eigenvalue weighted by atomic mass is 19.1. The first-order valence-electron chi connectivity index (χ1n) is 8.95. The Hall–Kier alpha value is -2.68. The smallest absolute Gasteiger partial charge is 0.244 e. The Labute approximate surface area is 159 Å². The Bertz CT molecular complexity index is 688. The molecule has 0 saturated heterocycles. The monoisotopic (exact) mass is 376 g/mol. The van der Waals surface area contributed by atoms with Crippen molar-refractivity contribution in [2.45, 2.75) is 45.6 Å². The fraction of sp³-hybridized carbons (Fsp3) is 0.429. The summed E-state index contributed by atoms with van der Waals surface area (Å²) in [7, 11) is 0. The fourth-order valence-electron chi connectivity index (χ4n) is 2.39. The van der Waals surface area contributed by atoms with Crippen molar-refractivity contribution in [2.24, 2.45) is 5.92 Å². The molecule has 27 heavy (non-hydrogen) atoms. The van der Waals surface area contributed by atoms with Crippen LogP contribution in [-0.2, 0) is 16.0 Å². The lowest BCUT2D eigenvalue weighted by Gasteiger charge is -2.18. The summed E-state index contributed by atoms with van der Waals surface area (Å²) >= 11 is 0. The van der Waals surface area contributed by atoms with Crippen LogP contribution in [0, 0.1) is 29.9 Å². The second-order valence-electron chi connectivity index (χ2n) is 6.66. The molecular formula is C21H26F2N2O2. The van der Waals surface area contributed by atoms with Gasteiger partial charge in [-0.05, 0) is 42.5 Å². The molecule has 0 aliphatic carbocycles. The van der Waals surface area contributed by atoms with E-state index in [-0.39, 0.29) is 18.5 Å². The van der Waals surface area contributed by atoms with Crippen LogP contribution < -0.4 is 10.6 Å². The van der Waals surface area contributed by atoms with Crippen molar-refractivity contribution in [1.82, 2.24) is 10.6 Å². The Morgan fingerprint density at radius 1 is 1.22 bits per heavy atom. The first-order valence-corrected chi connectivity index (χ1v) is 8.95. The van der Waals surface area contributed by atoms with Crippen molar-refractivity contribution in [3.05, 3.63) is 47.5 Å². The number of hydrogen-bond acceptors (Lipinski definition) is 2. The lowest BCUT2D eigenvalue weighted by Crippen LogP contribution is -2.47. The van der Waals surface area contributed by atoms with E-state index in [0.29, 0.717) is 12.3 Å². The number of amides is 2. The summed E-state index contributed by atoms with van der Waals surface area (Å²) in [5.74, 6) is 0.546. The minimum Gasteiger partial charge on any atom is -0.353 e. The Balaban J connectivity index is 2.79. The van der Waals surface area contributed by atoms with Crippen molar-refractivity contribution < 1.29 is 18.4 Å². The zero-order valence-electron chi connectivity index (χ0n) is 15.7. The lowest BCUT2D eigenvalue weighted by molar-refractivity contribution is -0.127. The molecular weight excluding hydrogens is 350 g/mol. The minimum atomic E-state index is -0.966. The fourth-order valence-corrected chi connectivity index (χ4v) is 2.39. The van der Waals surface area contributed by atoms with Crippen LogP contribution in [0.5, 0.6) is 0 Å². The average Bonchev–Trinajstić information content (AvgIpc) is 2.57. The third-order valence-corrected chi connectivity index (χ3v) is 3.74. The van der Waals surface area contributed by atoms with Crippen molar-refractivity contribution in [2.75, 3.05) is 6.54 Å². The molecule has 1 aromatic rings. The zero-order valence-corrected chi connectivity index (χ0v) is 15.7. The molecule has 0 saturated carbocycles. The second-order valence-corrected chi connectivity index (χ2v) is 6.66. The molecule has 0 aliphatic heterocycles. The number of carbonyl (C=O) groups is 2. The van der Waals surface area contributed by atoms with Gasteiger partial charge in [0.25, 0.3) is 0 Å². The SMILES string of the molecule is C#CCCNC(=O)[C@H](Cc1cc(F)cc(F)c1)NC(=O)/C=C/CCC(C)C. The van der Waals surface area contributed by atoms with Gasteiger partial charge in [0.1, 0.15) is 17.7 Å². The van der Waals surface area contributed by atoms with Crippen molar-refractivity contribution >= 4 is 11.8 Å². The van der Waals surface area contributed by atoms with Crippen LogP contribution in [0.3, 0.4) is 0 Å². The highest BCUT2D eigenvalue weighted by molar-refractivity contribution is 5.93. The number of terminal acetylenes is 1. The first-order chi connectivity index (χ1) is 12.8. The van der Waals surface area contributed by atoms with E-state index in [9.17, 15) is 18.4 Å². The normalized spacial score (nSPS) is 12.0. The summed E-state index contributed by atoms with van der Waals surface area (Å²) in [5.41, 5.74) is 0.272. The van der Waals surface area contributed by atoms with Crippen LogP contribution in [-0.4, -0.2) is 24.4 Å². The molecule has 0 radical (unpaired) electrons. The van der Waals surface area contributed by atoms with Gasteiger partial charge >= 0.3 is 0 Å². The molecule has 146 valence electrons. The van der Waals surface area contributed by atoms with Gasteiger partial charge in [0.2, 0.25) is 11.8 Å². The highest BCUT2D eigenvalue weighted by Gasteiger charge is 2.20. The summed E-state index contributed by atoms with van der Waals surface area (Å²) < 4.78 is 26.8. The van der Waals surface area contributed by atoms with Gasteiger partial charge in [-0.25, -0.2) is 8.78 Å². The van der Waals surface area contributed by atoms with Gasteiger partial charge in [-0.3, -0.25) is 9.59 Å². The van der Waals surface area contributed by atoms with Gasteiger partial charge in [-0.2, -0.15) is 0 Å². The molecule has 0 aromatic heterocycles. The van der Waals surface area contributed by atoms with Gasteiger partial charge in [0.05, 0.1) is 0 Å². The van der Waals surface area contributed by atoms with Crippen LogP contribution in [0.1, 0.15) is 38.7 Å². The van der Waals surface area contributed by atoms with Gasteiger partial charge in [-0.1, -0.05) is 19.9 Å². The van der Waals surface area contributed by atoms with E-state index < -0.39 is 29.5 Å². The maximum Gasteiger partial charge on any atom is 0.244 e. The standard InChI is InChI=1S/C21H26F2N2O2/c1-4-5-10-24-21(27)19(13-16-11-17(22)14-18(23)12-16)25-20(26)9-7-6-8-15(2)3/h1,7,9,11-12,14-15,19H,5-6,8,10,13H2,2-3H3,(H,24,27)(H,25,26)/b9-7+/t19-/m0/s1. The zero-order chi connectivity index (χ0) is 20.2. The number of carbonyl (C=O) groups excluding carboxylic acids is 2. The molecule has 2 N–H and O–H groups in total. The third kappa shape index (κ3) is 9.55. The van der Waals surface area contributed by atoms with E-state index >= 15 is 0 Å². The molecule has 0 unspecified atom stereocenters. The maximum absolute atomic E-state index is 13.4. The maximum atomic E-state index is 13.4. The Kier molecular flexibility index (Phi) is 9.81. The number of allylic oxidation sites excluding steroid dienone is 1. The van der Waals surface area contributed by atoms with Gasteiger partial charge < -0.3 is 10.6 Å². The van der Waals surface area contributed by atoms with E-state index in [1.807, 2.05) is 0 Å². The van der Waals surface area contributed by atoms with Crippen molar-refractivity contribution in [3.8, 4) is 12.3 Å². The van der Waals surface area contributed by atoms with Crippen LogP contribution in [0.15, 0.2) is 30.4 Å². The third-order valence-electron chi connectivity index (χ3n) is 3.74. The van der Waals surface area contributed by atoms with Crippen molar-refractivity contribution in [3.63, 3.8) is 0 Å². The van der Waals surface area contributed by atoms with E-state index in [1.165, 1.54) is 6.08 Å². The Morgan fingerprint density at radius 3 is 2.48 bits per heavy atom. The van der Waals surface area contributed by atoms with E-state index in [1.54, 1.807) is 6.08 Å². The summed E-state index contributed by atoms with van der Waals surface area (Å²) in [6.45, 7) is 4.43. The largest absolute Gasteiger partial charge is 0.353 e. The summed E-state index contributed by atoms with van der Waals surface area (Å²) in [6.07, 6.45) is 10.3. The molecule has 0 spiro atoms. The molecule has 0 bridgehead atoms. The van der Waals surface area contributed by atoms with E-state index in [0.717, 1.165) is 31.0 Å². The summed E-state index contributed by atoms with van der Waals surface area (Å²) in [6, 6.07) is 2.05. The number of benzene rings is 1. The van der Waals surface area contributed by atoms with E-state index in [4.69, 9.17) is 6.42 Å². The highest BCUT2D eigenvalue weighted by Crippen LogP contribution is 2.11. The van der Waals surface area contributed by atoms with Gasteiger partial charge in [-0.15, -0.1) is 12.3 Å². The molecule has 1 rings (SSSR count). The predicted molar refractivity (Wildman–Crippen MR) is 102 cm³/mol. The second kappa shape index (κ2) is 11.8. The van der Waals surface area contributed by atoms with Crippen LogP contribution in [0.25, 0.3) is 0 Å². The van der Waals surface area contributed by atoms with Crippen LogP contribution in [0.4, 0.5) is 8.78 Å². The molecule has 0 aliphatic rings. The average molecular weight is 376 g/mol. The van der Waals surface area contributed by atoms with Crippen LogP contribution in [0.2, 0.25) is 0 Å². The van der Waals surface area contributed by atoms with Crippen molar-refractivity contribution in [1.29, 1.82) is 0 Å². The molecule has 1 aromatic carbocycles.